The van der Waals surface area contributed by atoms with Crippen LogP contribution in [0.1, 0.15) is 13.3 Å². The molecule has 84 valence electrons. The Morgan fingerprint density at radius 1 is 1.19 bits per heavy atom. The van der Waals surface area contributed by atoms with Crippen molar-refractivity contribution >= 4 is 15.8 Å². The lowest BCUT2D eigenvalue weighted by molar-refractivity contribution is -0.136. The van der Waals surface area contributed by atoms with Crippen LogP contribution in [0, 0.1) is 0 Å². The minimum atomic E-state index is -3.59. The van der Waals surface area contributed by atoms with E-state index in [9.17, 15) is 13.2 Å². The largest absolute Gasteiger partial charge is 0.430 e. The molecule has 4 nitrogen and oxygen atoms in total. The second-order valence-corrected chi connectivity index (χ2v) is 5.42. The molecule has 1 heterocycles. The molecule has 16 heavy (non-hydrogen) atoms. The Kier molecular flexibility index (Phi) is 2.55. The fraction of sp³-hybridized carbons (Fsp3) is 0.182. The van der Waals surface area contributed by atoms with E-state index in [0.29, 0.717) is 0 Å². The summed E-state index contributed by atoms with van der Waals surface area (Å²) in [5.41, 5.74) is 0. The quantitative estimate of drug-likeness (QED) is 0.735. The summed E-state index contributed by atoms with van der Waals surface area (Å²) >= 11 is 0. The van der Waals surface area contributed by atoms with Gasteiger partial charge in [0.15, 0.2) is 0 Å². The summed E-state index contributed by atoms with van der Waals surface area (Å²) in [7, 11) is -3.59. The highest BCUT2D eigenvalue weighted by atomic mass is 32.2. The molecule has 0 aromatic heterocycles. The summed E-state index contributed by atoms with van der Waals surface area (Å²) in [5.74, 6) is -0.346. The molecule has 0 amide bonds. The van der Waals surface area contributed by atoms with E-state index in [1.165, 1.54) is 19.1 Å². The Balaban J connectivity index is 2.50. The van der Waals surface area contributed by atoms with Crippen LogP contribution < -0.4 is 0 Å². The van der Waals surface area contributed by atoms with Crippen LogP contribution in [0.5, 0.6) is 0 Å². The maximum absolute atomic E-state index is 12.1. The van der Waals surface area contributed by atoms with Crippen molar-refractivity contribution in [1.29, 1.82) is 0 Å². The van der Waals surface area contributed by atoms with Crippen molar-refractivity contribution in [2.24, 2.45) is 0 Å². The molecule has 0 radical (unpaired) electrons. The van der Waals surface area contributed by atoms with Crippen molar-refractivity contribution in [1.82, 2.24) is 0 Å². The Hall–Kier alpha value is -1.62. The highest BCUT2D eigenvalue weighted by Gasteiger charge is 2.31. The van der Waals surface area contributed by atoms with E-state index in [1.807, 2.05) is 0 Å². The number of rotatable bonds is 2. The zero-order chi connectivity index (χ0) is 11.8. The van der Waals surface area contributed by atoms with Gasteiger partial charge in [-0.2, -0.15) is 0 Å². The third kappa shape index (κ3) is 1.74. The molecule has 0 N–H and O–H groups in total. The van der Waals surface area contributed by atoms with Crippen molar-refractivity contribution in [3.05, 3.63) is 41.0 Å². The Morgan fingerprint density at radius 2 is 1.81 bits per heavy atom. The second-order valence-electron chi connectivity index (χ2n) is 3.45. The summed E-state index contributed by atoms with van der Waals surface area (Å²) in [6, 6.07) is 8.01. The first-order chi connectivity index (χ1) is 7.51. The lowest BCUT2D eigenvalue weighted by Gasteiger charge is -2.03. The topological polar surface area (TPSA) is 60.4 Å². The molecule has 0 aliphatic carbocycles. The predicted octanol–water partition coefficient (Wildman–Crippen LogP) is 1.64. The van der Waals surface area contributed by atoms with Crippen molar-refractivity contribution in [3.63, 3.8) is 0 Å². The lowest BCUT2D eigenvalue weighted by atomic mass is 10.4. The van der Waals surface area contributed by atoms with Gasteiger partial charge in [0.2, 0.25) is 9.84 Å². The number of allylic oxidation sites excluding steroid dienone is 1. The summed E-state index contributed by atoms with van der Waals surface area (Å²) in [4.78, 5) is 11.3. The van der Waals surface area contributed by atoms with E-state index in [0.717, 1.165) is 0 Å². The molecular weight excluding hydrogens is 228 g/mol. The summed E-state index contributed by atoms with van der Waals surface area (Å²) in [6.45, 7) is 1.49. The number of carbonyl (C=O) groups excluding carboxylic acids is 1. The number of ether oxygens (including phenoxy) is 1. The zero-order valence-electron chi connectivity index (χ0n) is 8.64. The number of sulfone groups is 1. The van der Waals surface area contributed by atoms with Crippen LogP contribution in [-0.2, 0) is 19.4 Å². The number of hydrogen-bond donors (Lipinski definition) is 0. The maximum Gasteiger partial charge on any atom is 0.316 e. The van der Waals surface area contributed by atoms with E-state index in [-0.39, 0.29) is 22.0 Å². The molecule has 1 aromatic rings. The molecule has 0 atom stereocenters. The minimum absolute atomic E-state index is 0.0590. The van der Waals surface area contributed by atoms with Gasteiger partial charge in [-0.15, -0.1) is 0 Å². The second kappa shape index (κ2) is 3.75. The fourth-order valence-corrected chi connectivity index (χ4v) is 3.07. The first-order valence-electron chi connectivity index (χ1n) is 4.72. The molecule has 5 heteroatoms. The SMILES string of the molecule is CC1=C(S(=O)(=O)c2ccccc2)CC(=O)O1. The van der Waals surface area contributed by atoms with Crippen LogP contribution in [0.2, 0.25) is 0 Å². The van der Waals surface area contributed by atoms with Gasteiger partial charge in [-0.25, -0.2) is 8.42 Å². The molecule has 0 fully saturated rings. The van der Waals surface area contributed by atoms with Crippen LogP contribution in [0.15, 0.2) is 45.9 Å². The van der Waals surface area contributed by atoms with Crippen molar-refractivity contribution in [2.75, 3.05) is 0 Å². The molecule has 1 aliphatic heterocycles. The van der Waals surface area contributed by atoms with Crippen LogP contribution in [0.3, 0.4) is 0 Å². The summed E-state index contributed by atoms with van der Waals surface area (Å²) in [5, 5.41) is 0. The number of esters is 1. The molecule has 0 saturated carbocycles. The van der Waals surface area contributed by atoms with Gasteiger partial charge >= 0.3 is 5.97 Å². The Labute approximate surface area is 93.5 Å². The van der Waals surface area contributed by atoms with Crippen LogP contribution in [0.4, 0.5) is 0 Å². The standard InChI is InChI=1S/C11H10O4S/c1-8-10(7-11(12)15-8)16(13,14)9-5-3-2-4-6-9/h2-6H,7H2,1H3. The van der Waals surface area contributed by atoms with Crippen molar-refractivity contribution in [3.8, 4) is 0 Å². The highest BCUT2D eigenvalue weighted by Crippen LogP contribution is 2.29. The van der Waals surface area contributed by atoms with Gasteiger partial charge in [0.25, 0.3) is 0 Å². The summed E-state index contributed by atoms with van der Waals surface area (Å²) < 4.78 is 28.9. The smallest absolute Gasteiger partial charge is 0.316 e. The highest BCUT2D eigenvalue weighted by molar-refractivity contribution is 7.95. The van der Waals surface area contributed by atoms with Gasteiger partial charge in [0, 0.05) is 0 Å². The molecule has 2 rings (SSSR count). The van der Waals surface area contributed by atoms with E-state index < -0.39 is 15.8 Å². The van der Waals surface area contributed by atoms with Crippen molar-refractivity contribution < 1.29 is 17.9 Å². The van der Waals surface area contributed by atoms with Crippen molar-refractivity contribution in [2.45, 2.75) is 18.2 Å². The fourth-order valence-electron chi connectivity index (χ4n) is 1.55. The third-order valence-electron chi connectivity index (χ3n) is 2.34. The van der Waals surface area contributed by atoms with E-state index in [4.69, 9.17) is 4.74 Å². The van der Waals surface area contributed by atoms with Crippen LogP contribution in [-0.4, -0.2) is 14.4 Å². The molecule has 0 spiro atoms. The number of benzene rings is 1. The van der Waals surface area contributed by atoms with Gasteiger partial charge in [0.1, 0.15) is 5.76 Å². The summed E-state index contributed by atoms with van der Waals surface area (Å²) in [6.07, 6.45) is -0.178. The van der Waals surface area contributed by atoms with Crippen LogP contribution in [0.25, 0.3) is 0 Å². The van der Waals surface area contributed by atoms with Gasteiger partial charge < -0.3 is 4.74 Å². The lowest BCUT2D eigenvalue weighted by Crippen LogP contribution is -2.05. The molecule has 0 unspecified atom stereocenters. The Bertz CT molecular complexity index is 555. The van der Waals surface area contributed by atoms with E-state index in [1.54, 1.807) is 18.2 Å². The number of cyclic esters (lactones) is 1. The maximum atomic E-state index is 12.1. The first-order valence-corrected chi connectivity index (χ1v) is 6.20. The van der Waals surface area contributed by atoms with Crippen LogP contribution >= 0.6 is 0 Å². The number of hydrogen-bond acceptors (Lipinski definition) is 4. The molecule has 0 bridgehead atoms. The molecule has 1 aliphatic rings. The Morgan fingerprint density at radius 3 is 2.31 bits per heavy atom. The zero-order valence-corrected chi connectivity index (χ0v) is 9.45. The van der Waals surface area contributed by atoms with Gasteiger partial charge in [-0.05, 0) is 19.1 Å². The third-order valence-corrected chi connectivity index (χ3v) is 4.32. The van der Waals surface area contributed by atoms with E-state index in [2.05, 4.69) is 0 Å². The minimum Gasteiger partial charge on any atom is -0.430 e. The first kappa shape index (κ1) is 10.9. The average Bonchev–Trinajstić information content (AvgIpc) is 2.60. The van der Waals surface area contributed by atoms with Gasteiger partial charge in [-0.3, -0.25) is 4.79 Å². The average molecular weight is 238 g/mol. The van der Waals surface area contributed by atoms with Gasteiger partial charge in [0.05, 0.1) is 16.2 Å². The normalized spacial score (nSPS) is 16.4. The molecule has 1 aromatic carbocycles. The van der Waals surface area contributed by atoms with E-state index >= 15 is 0 Å². The van der Waals surface area contributed by atoms with Gasteiger partial charge in [-0.1, -0.05) is 18.2 Å². The predicted molar refractivity (Wildman–Crippen MR) is 57.0 cm³/mol. The molecular formula is C11H10O4S. The molecule has 0 saturated heterocycles. The monoisotopic (exact) mass is 238 g/mol. The number of carbonyl (C=O) groups is 1.